The minimum atomic E-state index is -4.59. The van der Waals surface area contributed by atoms with Gasteiger partial charge in [-0.05, 0) is 91.4 Å². The first-order valence-corrected chi connectivity index (χ1v) is 13.8. The van der Waals surface area contributed by atoms with E-state index in [1.165, 1.54) is 10.4 Å². The van der Waals surface area contributed by atoms with Crippen LogP contribution in [0.1, 0.15) is 47.7 Å². The molecule has 206 valence electrons. The average molecular weight is 597 g/mol. The van der Waals surface area contributed by atoms with E-state index in [1.807, 2.05) is 0 Å². The van der Waals surface area contributed by atoms with E-state index in [9.17, 15) is 22.8 Å². The quantitative estimate of drug-likeness (QED) is 0.238. The van der Waals surface area contributed by atoms with E-state index >= 15 is 0 Å². The largest absolute Gasteiger partial charge is 0.416 e. The van der Waals surface area contributed by atoms with Crippen LogP contribution in [0.5, 0.6) is 0 Å². The Hall–Kier alpha value is -2.88. The number of rotatable bonds is 10. The highest BCUT2D eigenvalue weighted by molar-refractivity contribution is 8.00. The number of carbonyl (C=O) groups excluding carboxylic acids is 2. The molecule has 39 heavy (non-hydrogen) atoms. The number of halogens is 5. The summed E-state index contributed by atoms with van der Waals surface area (Å²) in [5.74, 6) is -0.567. The summed E-state index contributed by atoms with van der Waals surface area (Å²) in [6.07, 6.45) is -2.36. The minimum absolute atomic E-state index is 0.0622. The second-order valence-electron chi connectivity index (χ2n) is 9.12. The van der Waals surface area contributed by atoms with Crippen molar-refractivity contribution in [2.45, 2.75) is 55.9 Å². The number of amides is 2. The first-order valence-electron chi connectivity index (χ1n) is 12.3. The smallest absolute Gasteiger partial charge is 0.350 e. The molecule has 1 atom stereocenters. The molecule has 1 saturated carbocycles. The third kappa shape index (κ3) is 7.84. The number of nitrogens with zero attached hydrogens (tertiary/aromatic N) is 1. The zero-order valence-electron chi connectivity index (χ0n) is 20.9. The van der Waals surface area contributed by atoms with Crippen molar-refractivity contribution in [2.75, 3.05) is 4.31 Å². The summed E-state index contributed by atoms with van der Waals surface area (Å²) in [5, 5.41) is 6.37. The number of hydrogen-bond acceptors (Lipinski definition) is 4. The second-order valence-corrected chi connectivity index (χ2v) is 11.0. The lowest BCUT2D eigenvalue weighted by Crippen LogP contribution is -2.43. The Labute approximate surface area is 239 Å². The first kappa shape index (κ1) is 29.1. The van der Waals surface area contributed by atoms with Gasteiger partial charge < -0.3 is 10.6 Å². The summed E-state index contributed by atoms with van der Waals surface area (Å²) in [6, 6.07) is 16.1. The normalized spacial score (nSPS) is 14.0. The fraction of sp³-hybridized carbons (Fsp3) is 0.286. The Balaban J connectivity index is 1.58. The molecule has 3 aromatic rings. The van der Waals surface area contributed by atoms with Crippen LogP contribution >= 0.6 is 35.1 Å². The van der Waals surface area contributed by atoms with Crippen LogP contribution in [0.25, 0.3) is 0 Å². The average Bonchev–Trinajstić information content (AvgIpc) is 3.72. The van der Waals surface area contributed by atoms with Crippen molar-refractivity contribution in [3.63, 3.8) is 0 Å². The van der Waals surface area contributed by atoms with Gasteiger partial charge in [0.1, 0.15) is 6.04 Å². The number of carbonyl (C=O) groups is 2. The molecule has 1 fully saturated rings. The second kappa shape index (κ2) is 12.5. The molecule has 2 amide bonds. The number of benzene rings is 3. The maximum atomic E-state index is 13.6. The Kier molecular flexibility index (Phi) is 9.35. The van der Waals surface area contributed by atoms with Crippen LogP contribution in [0.4, 0.5) is 18.9 Å². The van der Waals surface area contributed by atoms with Crippen molar-refractivity contribution in [2.24, 2.45) is 0 Å². The first-order chi connectivity index (χ1) is 18.5. The zero-order chi connectivity index (χ0) is 28.2. The van der Waals surface area contributed by atoms with Crippen LogP contribution in [-0.4, -0.2) is 23.9 Å². The molecule has 0 aromatic heterocycles. The molecule has 11 heteroatoms. The zero-order valence-corrected chi connectivity index (χ0v) is 23.2. The molecule has 5 nitrogen and oxygen atoms in total. The van der Waals surface area contributed by atoms with E-state index in [-0.39, 0.29) is 35.6 Å². The molecule has 3 aromatic carbocycles. The molecule has 0 radical (unpaired) electrons. The van der Waals surface area contributed by atoms with Crippen molar-refractivity contribution in [1.82, 2.24) is 10.6 Å². The summed E-state index contributed by atoms with van der Waals surface area (Å²) in [4.78, 5) is 26.5. The molecule has 4 rings (SSSR count). The molecule has 1 aliphatic carbocycles. The van der Waals surface area contributed by atoms with Gasteiger partial charge in [-0.25, -0.2) is 0 Å². The van der Waals surface area contributed by atoms with Crippen LogP contribution in [0.3, 0.4) is 0 Å². The summed E-state index contributed by atoms with van der Waals surface area (Å²) >= 11 is 13.5. The summed E-state index contributed by atoms with van der Waals surface area (Å²) in [6.45, 7) is 1.90. The highest BCUT2D eigenvalue weighted by atomic mass is 35.5. The van der Waals surface area contributed by atoms with E-state index in [4.69, 9.17) is 23.2 Å². The number of alkyl halides is 3. The fourth-order valence-corrected chi connectivity index (χ4v) is 5.32. The van der Waals surface area contributed by atoms with Gasteiger partial charge in [0, 0.05) is 28.1 Å². The maximum absolute atomic E-state index is 13.6. The van der Waals surface area contributed by atoms with Gasteiger partial charge in [0.05, 0.1) is 16.3 Å². The molecule has 0 heterocycles. The van der Waals surface area contributed by atoms with Gasteiger partial charge in [-0.2, -0.15) is 13.2 Å². The monoisotopic (exact) mass is 595 g/mol. The van der Waals surface area contributed by atoms with Gasteiger partial charge in [-0.3, -0.25) is 13.9 Å². The van der Waals surface area contributed by atoms with Gasteiger partial charge in [0.2, 0.25) is 5.91 Å². The van der Waals surface area contributed by atoms with E-state index in [2.05, 4.69) is 10.6 Å². The Morgan fingerprint density at radius 2 is 1.77 bits per heavy atom. The highest BCUT2D eigenvalue weighted by Gasteiger charge is 2.34. The predicted octanol–water partition coefficient (Wildman–Crippen LogP) is 7.51. The van der Waals surface area contributed by atoms with E-state index < -0.39 is 23.7 Å². The standard InChI is InChI=1S/C28H26Cl2F3N3O2S/c1-2-24(27(38)34-16-17-4-3-5-18(14-17)26(37)35-21-9-10-21)36(39-22-11-7-20(29)8-12-22)25-15-19(28(31,32)33)6-13-23(25)30/h3-8,11-15,21,24H,2,9-10,16H2,1H3,(H,34,38)(H,35,37). The topological polar surface area (TPSA) is 61.4 Å². The molecule has 1 unspecified atom stereocenters. The van der Waals surface area contributed by atoms with Crippen molar-refractivity contribution in [1.29, 1.82) is 0 Å². The van der Waals surface area contributed by atoms with E-state index in [0.29, 0.717) is 15.5 Å². The van der Waals surface area contributed by atoms with Gasteiger partial charge >= 0.3 is 6.18 Å². The molecule has 1 aliphatic rings. The van der Waals surface area contributed by atoms with Gasteiger partial charge in [0.25, 0.3) is 5.91 Å². The molecular formula is C28H26Cl2F3N3O2S. The van der Waals surface area contributed by atoms with Crippen molar-refractivity contribution >= 4 is 52.7 Å². The summed E-state index contributed by atoms with van der Waals surface area (Å²) in [7, 11) is 0. The van der Waals surface area contributed by atoms with E-state index in [0.717, 1.165) is 42.5 Å². The Morgan fingerprint density at radius 1 is 1.05 bits per heavy atom. The molecule has 2 N–H and O–H groups in total. The molecule has 0 bridgehead atoms. The Bertz CT molecular complexity index is 1330. The number of hydrogen-bond donors (Lipinski definition) is 2. The SMILES string of the molecule is CCC(C(=O)NCc1cccc(C(=O)NC2CC2)c1)N(Sc1ccc(Cl)cc1)c1cc(C(F)(F)F)ccc1Cl. The van der Waals surface area contributed by atoms with Crippen LogP contribution in [-0.2, 0) is 17.5 Å². The Morgan fingerprint density at radius 3 is 2.41 bits per heavy atom. The number of anilines is 1. The van der Waals surface area contributed by atoms with Gasteiger partial charge in [-0.1, -0.05) is 42.3 Å². The lowest BCUT2D eigenvalue weighted by atomic mass is 10.1. The van der Waals surface area contributed by atoms with Gasteiger partial charge in [0.15, 0.2) is 0 Å². The molecular weight excluding hydrogens is 570 g/mol. The van der Waals surface area contributed by atoms with Crippen molar-refractivity contribution in [3.05, 3.63) is 93.5 Å². The third-order valence-electron chi connectivity index (χ3n) is 6.07. The van der Waals surface area contributed by atoms with Crippen LogP contribution in [0, 0.1) is 0 Å². The van der Waals surface area contributed by atoms with Crippen LogP contribution in [0.15, 0.2) is 71.6 Å². The maximum Gasteiger partial charge on any atom is 0.416 e. The molecule has 0 aliphatic heterocycles. The predicted molar refractivity (Wildman–Crippen MR) is 149 cm³/mol. The van der Waals surface area contributed by atoms with Crippen LogP contribution in [0.2, 0.25) is 10.0 Å². The lowest BCUT2D eigenvalue weighted by molar-refractivity contribution is -0.137. The fourth-order valence-electron chi connectivity index (χ4n) is 3.83. The molecule has 0 spiro atoms. The number of nitrogens with one attached hydrogen (secondary N) is 2. The highest BCUT2D eigenvalue weighted by Crippen LogP contribution is 2.41. The molecule has 0 saturated heterocycles. The lowest BCUT2D eigenvalue weighted by Gasteiger charge is -2.32. The van der Waals surface area contributed by atoms with Gasteiger partial charge in [-0.15, -0.1) is 0 Å². The summed E-state index contributed by atoms with van der Waals surface area (Å²) < 4.78 is 42.2. The van der Waals surface area contributed by atoms with Crippen LogP contribution < -0.4 is 14.9 Å². The van der Waals surface area contributed by atoms with Crippen molar-refractivity contribution < 1.29 is 22.8 Å². The summed E-state index contributed by atoms with van der Waals surface area (Å²) in [5.41, 5.74) is 0.402. The van der Waals surface area contributed by atoms with Crippen molar-refractivity contribution in [3.8, 4) is 0 Å². The minimum Gasteiger partial charge on any atom is -0.350 e. The van der Waals surface area contributed by atoms with E-state index in [1.54, 1.807) is 55.5 Å². The third-order valence-corrected chi connectivity index (χ3v) is 7.77.